The molecule has 1 N–H and O–H groups in total. The van der Waals surface area contributed by atoms with Crippen molar-refractivity contribution in [3.8, 4) is 0 Å². The first-order chi connectivity index (χ1) is 9.78. The number of benzene rings is 1. The summed E-state index contributed by atoms with van der Waals surface area (Å²) in [6, 6.07) is 9.67. The molecule has 1 unspecified atom stereocenters. The maximum atomic E-state index is 4.29. The molecule has 1 aromatic heterocycles. The van der Waals surface area contributed by atoms with E-state index in [1.54, 1.807) is 0 Å². The molecular formula is C16H20BrN3. The van der Waals surface area contributed by atoms with Crippen LogP contribution in [0.2, 0.25) is 0 Å². The largest absolute Gasteiger partial charge is 0.330 e. The lowest BCUT2D eigenvalue weighted by Crippen LogP contribution is -2.21. The second-order valence-corrected chi connectivity index (χ2v) is 6.33. The summed E-state index contributed by atoms with van der Waals surface area (Å²) in [7, 11) is 0. The summed E-state index contributed by atoms with van der Waals surface area (Å²) >= 11 is 3.49. The lowest BCUT2D eigenvalue weighted by Gasteiger charge is -2.18. The van der Waals surface area contributed by atoms with E-state index in [9.17, 15) is 0 Å². The fourth-order valence-electron chi connectivity index (χ4n) is 2.57. The van der Waals surface area contributed by atoms with Crippen molar-refractivity contribution in [1.82, 2.24) is 14.9 Å². The normalized spacial score (nSPS) is 16.3. The molecule has 0 spiro atoms. The number of nitrogens with zero attached hydrogens (tertiary/aromatic N) is 2. The summed E-state index contributed by atoms with van der Waals surface area (Å²) < 4.78 is 3.45. The molecule has 4 heteroatoms. The Bertz CT molecular complexity index is 557. The van der Waals surface area contributed by atoms with Crippen LogP contribution in [0.1, 0.15) is 49.5 Å². The Balaban J connectivity index is 1.66. The summed E-state index contributed by atoms with van der Waals surface area (Å²) in [5.74, 6) is 0. The van der Waals surface area contributed by atoms with Crippen molar-refractivity contribution < 1.29 is 0 Å². The maximum Gasteiger partial charge on any atom is 0.0951 e. The van der Waals surface area contributed by atoms with Gasteiger partial charge in [-0.05, 0) is 37.0 Å². The highest BCUT2D eigenvalue weighted by molar-refractivity contribution is 9.10. The molecule has 2 aromatic rings. The van der Waals surface area contributed by atoms with Crippen LogP contribution in [0.5, 0.6) is 0 Å². The zero-order chi connectivity index (χ0) is 13.9. The van der Waals surface area contributed by atoms with Crippen molar-refractivity contribution in [3.63, 3.8) is 0 Å². The van der Waals surface area contributed by atoms with Gasteiger partial charge in [0.25, 0.3) is 0 Å². The van der Waals surface area contributed by atoms with Crippen LogP contribution in [0, 0.1) is 0 Å². The first-order valence-corrected chi connectivity index (χ1v) is 8.06. The van der Waals surface area contributed by atoms with E-state index in [4.69, 9.17) is 0 Å². The van der Waals surface area contributed by atoms with Gasteiger partial charge >= 0.3 is 0 Å². The molecule has 1 aliphatic rings. The SMILES string of the molecule is CCC(NCc1cncn1C1CC1)c1ccc(Br)cc1. The number of halogens is 1. The second kappa shape index (κ2) is 6.10. The van der Waals surface area contributed by atoms with E-state index >= 15 is 0 Å². The number of nitrogens with one attached hydrogen (secondary N) is 1. The Morgan fingerprint density at radius 2 is 2.10 bits per heavy atom. The standard InChI is InChI=1S/C16H20BrN3/c1-2-16(12-3-5-13(17)6-4-12)19-10-15-9-18-11-20(15)14-7-8-14/h3-6,9,11,14,16,19H,2,7-8,10H2,1H3. The fourth-order valence-corrected chi connectivity index (χ4v) is 2.84. The molecule has 0 saturated heterocycles. The number of aromatic nitrogens is 2. The van der Waals surface area contributed by atoms with Crippen LogP contribution in [-0.4, -0.2) is 9.55 Å². The van der Waals surface area contributed by atoms with Crippen LogP contribution in [0.4, 0.5) is 0 Å². The molecule has 20 heavy (non-hydrogen) atoms. The summed E-state index contributed by atoms with van der Waals surface area (Å²) in [6.07, 6.45) is 7.63. The van der Waals surface area contributed by atoms with E-state index in [1.807, 2.05) is 12.5 Å². The third kappa shape index (κ3) is 3.13. The summed E-state index contributed by atoms with van der Waals surface area (Å²) in [5, 5.41) is 3.65. The number of hydrogen-bond donors (Lipinski definition) is 1. The summed E-state index contributed by atoms with van der Waals surface area (Å²) in [6.45, 7) is 3.10. The summed E-state index contributed by atoms with van der Waals surface area (Å²) in [4.78, 5) is 4.29. The van der Waals surface area contributed by atoms with Crippen molar-refractivity contribution >= 4 is 15.9 Å². The third-order valence-electron chi connectivity index (χ3n) is 3.90. The zero-order valence-electron chi connectivity index (χ0n) is 11.7. The monoisotopic (exact) mass is 333 g/mol. The van der Waals surface area contributed by atoms with Gasteiger partial charge in [0, 0.05) is 29.3 Å². The molecule has 3 nitrogen and oxygen atoms in total. The van der Waals surface area contributed by atoms with Crippen LogP contribution in [0.15, 0.2) is 41.3 Å². The molecule has 1 aromatic carbocycles. The average Bonchev–Trinajstić information content (AvgIpc) is 3.21. The molecule has 1 fully saturated rings. The summed E-state index contributed by atoms with van der Waals surface area (Å²) in [5.41, 5.74) is 2.64. The van der Waals surface area contributed by atoms with Crippen LogP contribution in [-0.2, 0) is 6.54 Å². The predicted molar refractivity (Wildman–Crippen MR) is 84.5 cm³/mol. The lowest BCUT2D eigenvalue weighted by atomic mass is 10.0. The number of imidazole rings is 1. The minimum Gasteiger partial charge on any atom is -0.330 e. The van der Waals surface area contributed by atoms with Crippen molar-refractivity contribution in [2.45, 2.75) is 44.8 Å². The molecule has 1 aliphatic carbocycles. The quantitative estimate of drug-likeness (QED) is 0.857. The Hall–Kier alpha value is -1.13. The van der Waals surface area contributed by atoms with E-state index in [0.29, 0.717) is 12.1 Å². The average molecular weight is 334 g/mol. The molecule has 1 saturated carbocycles. The Labute approximate surface area is 128 Å². The van der Waals surface area contributed by atoms with Gasteiger partial charge in [0.1, 0.15) is 0 Å². The van der Waals surface area contributed by atoms with Crippen LogP contribution >= 0.6 is 15.9 Å². The van der Waals surface area contributed by atoms with Crippen molar-refractivity contribution in [3.05, 3.63) is 52.5 Å². The van der Waals surface area contributed by atoms with Gasteiger partial charge in [-0.1, -0.05) is 35.0 Å². The lowest BCUT2D eigenvalue weighted by molar-refractivity contribution is 0.502. The van der Waals surface area contributed by atoms with Gasteiger partial charge in [-0.15, -0.1) is 0 Å². The third-order valence-corrected chi connectivity index (χ3v) is 4.43. The molecule has 0 bridgehead atoms. The molecule has 3 rings (SSSR count). The Kier molecular flexibility index (Phi) is 4.22. The van der Waals surface area contributed by atoms with E-state index in [1.165, 1.54) is 24.1 Å². The van der Waals surface area contributed by atoms with E-state index < -0.39 is 0 Å². The highest BCUT2D eigenvalue weighted by Crippen LogP contribution is 2.35. The Morgan fingerprint density at radius 3 is 2.75 bits per heavy atom. The topological polar surface area (TPSA) is 29.9 Å². The molecule has 1 atom stereocenters. The van der Waals surface area contributed by atoms with Gasteiger partial charge in [0.2, 0.25) is 0 Å². The van der Waals surface area contributed by atoms with Crippen molar-refractivity contribution in [1.29, 1.82) is 0 Å². The minimum atomic E-state index is 0.394. The molecular weight excluding hydrogens is 314 g/mol. The van der Waals surface area contributed by atoms with Gasteiger partial charge in [-0.25, -0.2) is 4.98 Å². The molecule has 0 amide bonds. The number of rotatable bonds is 6. The van der Waals surface area contributed by atoms with E-state index in [-0.39, 0.29) is 0 Å². The molecule has 1 heterocycles. The van der Waals surface area contributed by atoms with Crippen LogP contribution < -0.4 is 5.32 Å². The van der Waals surface area contributed by atoms with Gasteiger partial charge in [-0.3, -0.25) is 0 Å². The van der Waals surface area contributed by atoms with E-state index in [2.05, 4.69) is 62.0 Å². The van der Waals surface area contributed by atoms with Crippen LogP contribution in [0.25, 0.3) is 0 Å². The fraction of sp³-hybridized carbons (Fsp3) is 0.438. The van der Waals surface area contributed by atoms with E-state index in [0.717, 1.165) is 17.4 Å². The van der Waals surface area contributed by atoms with Crippen LogP contribution in [0.3, 0.4) is 0 Å². The van der Waals surface area contributed by atoms with Gasteiger partial charge in [0.15, 0.2) is 0 Å². The molecule has 0 aliphatic heterocycles. The second-order valence-electron chi connectivity index (χ2n) is 5.42. The van der Waals surface area contributed by atoms with Gasteiger partial charge < -0.3 is 9.88 Å². The number of hydrogen-bond acceptors (Lipinski definition) is 2. The van der Waals surface area contributed by atoms with Gasteiger partial charge in [-0.2, -0.15) is 0 Å². The molecule has 0 radical (unpaired) electrons. The highest BCUT2D eigenvalue weighted by Gasteiger charge is 2.25. The van der Waals surface area contributed by atoms with Crippen molar-refractivity contribution in [2.75, 3.05) is 0 Å². The minimum absolute atomic E-state index is 0.394. The van der Waals surface area contributed by atoms with Gasteiger partial charge in [0.05, 0.1) is 12.0 Å². The first kappa shape index (κ1) is 13.8. The smallest absolute Gasteiger partial charge is 0.0951 e. The predicted octanol–water partition coefficient (Wildman–Crippen LogP) is 4.22. The molecule has 106 valence electrons. The van der Waals surface area contributed by atoms with Crippen molar-refractivity contribution in [2.24, 2.45) is 0 Å². The highest BCUT2D eigenvalue weighted by atomic mass is 79.9. The first-order valence-electron chi connectivity index (χ1n) is 7.27. The maximum absolute atomic E-state index is 4.29. The zero-order valence-corrected chi connectivity index (χ0v) is 13.3. The Morgan fingerprint density at radius 1 is 1.35 bits per heavy atom.